The zero-order chi connectivity index (χ0) is 29.1. The Kier molecular flexibility index (Phi) is 10.3. The molecule has 9 nitrogen and oxygen atoms in total. The number of thiazole rings is 1. The summed E-state index contributed by atoms with van der Waals surface area (Å²) in [6.45, 7) is 12.6. The molecule has 0 aromatic carbocycles. The van der Waals surface area contributed by atoms with Crippen molar-refractivity contribution < 1.29 is 34.1 Å². The molecule has 10 heteroatoms. The third kappa shape index (κ3) is 7.46. The van der Waals surface area contributed by atoms with E-state index < -0.39 is 41.7 Å². The number of rotatable bonds is 3. The van der Waals surface area contributed by atoms with Crippen LogP contribution in [0.5, 0.6) is 0 Å². The fraction of sp³-hybridized carbons (Fsp3) is 0.724. The zero-order valence-electron chi connectivity index (χ0n) is 24.2. The number of hydrogen-bond donors (Lipinski definition) is 2. The highest BCUT2D eigenvalue weighted by molar-refractivity contribution is 7.09. The van der Waals surface area contributed by atoms with E-state index in [1.807, 2.05) is 32.2 Å². The lowest BCUT2D eigenvalue weighted by molar-refractivity contribution is -0.154. The fourth-order valence-corrected chi connectivity index (χ4v) is 6.13. The molecule has 0 radical (unpaired) electrons. The lowest BCUT2D eigenvalue weighted by Crippen LogP contribution is -2.45. The second-order valence-corrected chi connectivity index (χ2v) is 12.7. The van der Waals surface area contributed by atoms with Crippen LogP contribution in [0.2, 0.25) is 0 Å². The van der Waals surface area contributed by atoms with Gasteiger partial charge in [0.2, 0.25) is 0 Å². The van der Waals surface area contributed by atoms with E-state index in [-0.39, 0.29) is 36.8 Å². The summed E-state index contributed by atoms with van der Waals surface area (Å²) in [6.07, 6.45) is 0.824. The Balaban J connectivity index is 1.92. The molecule has 2 N–H and O–H groups in total. The summed E-state index contributed by atoms with van der Waals surface area (Å²) < 4.78 is 11.2. The molecule has 2 fully saturated rings. The normalized spacial score (nSPS) is 32.8. The van der Waals surface area contributed by atoms with Gasteiger partial charge in [-0.3, -0.25) is 14.5 Å². The highest BCUT2D eigenvalue weighted by Gasteiger charge is 2.52. The van der Waals surface area contributed by atoms with Gasteiger partial charge in [0.05, 0.1) is 53.4 Å². The average molecular weight is 565 g/mol. The van der Waals surface area contributed by atoms with E-state index in [9.17, 15) is 24.6 Å². The molecular formula is C29H44N2O7S. The third-order valence-corrected chi connectivity index (χ3v) is 9.09. The van der Waals surface area contributed by atoms with Gasteiger partial charge in [0.25, 0.3) is 0 Å². The van der Waals surface area contributed by atoms with Crippen LogP contribution in [0.25, 0.3) is 6.08 Å². The Bertz CT molecular complexity index is 1070. The van der Waals surface area contributed by atoms with E-state index >= 15 is 0 Å². The van der Waals surface area contributed by atoms with E-state index in [1.54, 1.807) is 32.6 Å². The molecule has 0 spiro atoms. The van der Waals surface area contributed by atoms with E-state index in [1.165, 1.54) is 11.3 Å². The molecule has 3 rings (SSSR count). The number of hydrogen-bond acceptors (Lipinski definition) is 9. The summed E-state index contributed by atoms with van der Waals surface area (Å²) in [5, 5.41) is 24.7. The SMILES string of the molecule is CCOC(=O)N1C2CCCC(C)C(O)C(C)C(=O)C(C)(C)C(O)CC(=O)OC(/C(C)=C/c3csc(C)n3)CC21. The lowest BCUT2D eigenvalue weighted by Gasteiger charge is -2.34. The van der Waals surface area contributed by atoms with Crippen molar-refractivity contribution in [1.29, 1.82) is 0 Å². The second kappa shape index (κ2) is 12.9. The van der Waals surface area contributed by atoms with Gasteiger partial charge in [-0.2, -0.15) is 0 Å². The molecule has 7 atom stereocenters. The van der Waals surface area contributed by atoms with Crippen LogP contribution in [0, 0.1) is 24.2 Å². The predicted octanol–water partition coefficient (Wildman–Crippen LogP) is 4.53. The molecule has 1 amide bonds. The maximum absolute atomic E-state index is 13.3. The Morgan fingerprint density at radius 1 is 1.26 bits per heavy atom. The van der Waals surface area contributed by atoms with E-state index in [0.717, 1.165) is 22.7 Å². The number of carbonyl (C=O) groups is 3. The van der Waals surface area contributed by atoms with Crippen LogP contribution in [0.15, 0.2) is 11.0 Å². The fourth-order valence-electron chi connectivity index (χ4n) is 5.56. The first kappa shape index (κ1) is 31.2. The van der Waals surface area contributed by atoms with E-state index in [4.69, 9.17) is 9.47 Å². The van der Waals surface area contributed by atoms with Gasteiger partial charge in [-0.15, -0.1) is 11.3 Å². The van der Waals surface area contributed by atoms with Gasteiger partial charge < -0.3 is 19.7 Å². The van der Waals surface area contributed by atoms with Crippen LogP contribution < -0.4 is 0 Å². The van der Waals surface area contributed by atoms with Crippen LogP contribution in [0.1, 0.15) is 84.3 Å². The Hall–Kier alpha value is -2.30. The quantitative estimate of drug-likeness (QED) is 0.405. The number of carbonyl (C=O) groups excluding carboxylic acids is 3. The van der Waals surface area contributed by atoms with Crippen LogP contribution in [0.4, 0.5) is 4.79 Å². The molecule has 0 aliphatic carbocycles. The number of aliphatic hydroxyl groups is 2. The molecule has 39 heavy (non-hydrogen) atoms. The first-order chi connectivity index (χ1) is 18.3. The average Bonchev–Trinajstić information content (AvgIpc) is 3.39. The summed E-state index contributed by atoms with van der Waals surface area (Å²) in [4.78, 5) is 45.3. The van der Waals surface area contributed by atoms with Crippen molar-refractivity contribution in [1.82, 2.24) is 9.88 Å². The zero-order valence-corrected chi connectivity index (χ0v) is 25.0. The molecule has 2 aliphatic rings. The molecule has 218 valence electrons. The highest BCUT2D eigenvalue weighted by atomic mass is 32.1. The molecule has 1 aromatic rings. The maximum atomic E-state index is 13.3. The molecule has 1 aromatic heterocycles. The van der Waals surface area contributed by atoms with Crippen molar-refractivity contribution in [3.05, 3.63) is 21.7 Å². The van der Waals surface area contributed by atoms with Crippen LogP contribution in [-0.2, 0) is 19.1 Å². The van der Waals surface area contributed by atoms with E-state index in [2.05, 4.69) is 4.98 Å². The maximum Gasteiger partial charge on any atom is 0.410 e. The van der Waals surface area contributed by atoms with Crippen molar-refractivity contribution in [2.45, 2.75) is 111 Å². The minimum atomic E-state index is -1.29. The van der Waals surface area contributed by atoms with Crippen LogP contribution >= 0.6 is 11.3 Å². The predicted molar refractivity (Wildman–Crippen MR) is 149 cm³/mol. The van der Waals surface area contributed by atoms with Crippen molar-refractivity contribution in [3.8, 4) is 0 Å². The molecular weight excluding hydrogens is 520 g/mol. The second-order valence-electron chi connectivity index (χ2n) is 11.6. The standard InChI is InChI=1S/C29H44N2O7S/c1-8-37-28(36)31-21-11-9-10-16(2)26(34)18(4)27(35)29(6,7)24(32)14-25(33)38-23(13-22(21)31)17(3)12-20-15-39-19(5)30-20/h12,15-16,18,21-24,26,32,34H,8-11,13-14H2,1-7H3/b17-12+. The summed E-state index contributed by atoms with van der Waals surface area (Å²) in [5.41, 5.74) is 0.289. The van der Waals surface area contributed by atoms with E-state index in [0.29, 0.717) is 19.3 Å². The summed E-state index contributed by atoms with van der Waals surface area (Å²) in [5.74, 6) is -1.79. The Labute approximate surface area is 235 Å². The number of ketones is 1. The molecule has 2 saturated heterocycles. The third-order valence-electron chi connectivity index (χ3n) is 8.29. The topological polar surface area (TPSA) is 126 Å². The number of ether oxygens (including phenoxy) is 2. The largest absolute Gasteiger partial charge is 0.458 e. The van der Waals surface area contributed by atoms with Gasteiger partial charge in [0.1, 0.15) is 11.9 Å². The monoisotopic (exact) mass is 564 g/mol. The number of nitrogens with zero attached hydrogens (tertiary/aromatic N) is 2. The minimum Gasteiger partial charge on any atom is -0.458 e. The van der Waals surface area contributed by atoms with Gasteiger partial charge in [0, 0.05) is 17.7 Å². The van der Waals surface area contributed by atoms with Gasteiger partial charge in [-0.05, 0) is 51.2 Å². The number of fused-ring (bicyclic) bond motifs is 1. The molecule has 7 unspecified atom stereocenters. The molecule has 2 aliphatic heterocycles. The van der Waals surface area contributed by atoms with Crippen molar-refractivity contribution in [3.63, 3.8) is 0 Å². The van der Waals surface area contributed by atoms with Gasteiger partial charge in [-0.1, -0.05) is 34.1 Å². The first-order valence-electron chi connectivity index (χ1n) is 13.9. The Morgan fingerprint density at radius 3 is 2.56 bits per heavy atom. The van der Waals surface area contributed by atoms with Gasteiger partial charge in [0.15, 0.2) is 0 Å². The number of esters is 1. The lowest BCUT2D eigenvalue weighted by atomic mass is 9.73. The summed E-state index contributed by atoms with van der Waals surface area (Å²) in [6, 6.07) is -0.238. The van der Waals surface area contributed by atoms with Crippen LogP contribution in [0.3, 0.4) is 0 Å². The van der Waals surface area contributed by atoms with Gasteiger partial charge >= 0.3 is 12.1 Å². The molecule has 0 saturated carbocycles. The first-order valence-corrected chi connectivity index (χ1v) is 14.8. The summed E-state index contributed by atoms with van der Waals surface area (Å²) in [7, 11) is 0. The molecule has 3 heterocycles. The smallest absolute Gasteiger partial charge is 0.410 e. The number of aryl methyl sites for hydroxylation is 1. The minimum absolute atomic E-state index is 0.0691. The van der Waals surface area contributed by atoms with Gasteiger partial charge in [-0.25, -0.2) is 9.78 Å². The summed E-state index contributed by atoms with van der Waals surface area (Å²) >= 11 is 1.52. The Morgan fingerprint density at radius 2 is 1.95 bits per heavy atom. The molecule has 0 bridgehead atoms. The number of amides is 1. The van der Waals surface area contributed by atoms with Crippen molar-refractivity contribution >= 4 is 35.3 Å². The van der Waals surface area contributed by atoms with Crippen LogP contribution in [-0.4, -0.2) is 74.9 Å². The number of aromatic nitrogens is 1. The number of Topliss-reactive ketones (excluding diaryl/α,β-unsaturated/α-hetero) is 1. The highest BCUT2D eigenvalue weighted by Crippen LogP contribution is 2.40. The van der Waals surface area contributed by atoms with Crippen molar-refractivity contribution in [2.75, 3.05) is 6.61 Å². The van der Waals surface area contributed by atoms with Crippen molar-refractivity contribution in [2.24, 2.45) is 17.3 Å². The number of aliphatic hydroxyl groups excluding tert-OH is 2. The number of cyclic esters (lactones) is 1.